The van der Waals surface area contributed by atoms with Gasteiger partial charge < -0.3 is 18.8 Å². The Morgan fingerprint density at radius 2 is 1.00 bits per heavy atom. The van der Waals surface area contributed by atoms with Gasteiger partial charge in [-0.2, -0.15) is 0 Å². The van der Waals surface area contributed by atoms with Gasteiger partial charge in [0.2, 0.25) is 0 Å². The van der Waals surface area contributed by atoms with Gasteiger partial charge in [0.05, 0.1) is 28.1 Å². The molecule has 11 aromatic carbocycles. The van der Waals surface area contributed by atoms with Crippen LogP contribution in [-0.2, 0) is 5.41 Å². The van der Waals surface area contributed by atoms with Crippen LogP contribution in [0.4, 0.5) is 34.1 Å². The number of benzene rings is 11. The molecule has 14 aromatic rings. The summed E-state index contributed by atoms with van der Waals surface area (Å²) in [6.45, 7) is 23.1. The fraction of sp³-hybridized carbons (Fsp3) is 0.143. The molecule has 0 amide bonds. The van der Waals surface area contributed by atoms with E-state index in [2.05, 4.69) is 272 Å². The lowest BCUT2D eigenvalue weighted by atomic mass is 9.33. The highest BCUT2D eigenvalue weighted by molar-refractivity contribution is 7.26. The van der Waals surface area contributed by atoms with Gasteiger partial charge in [-0.15, -0.1) is 11.3 Å². The second-order valence-corrected chi connectivity index (χ2v) is 25.9. The molecule has 0 atom stereocenters. The van der Waals surface area contributed by atoms with E-state index in [4.69, 9.17) is 4.42 Å². The molecule has 6 heteroatoms. The number of nitrogens with zero attached hydrogens (tertiary/aromatic N) is 3. The number of para-hydroxylation sites is 3. The molecule has 0 unspecified atom stereocenters. The summed E-state index contributed by atoms with van der Waals surface area (Å²) >= 11 is 1.90. The van der Waals surface area contributed by atoms with E-state index >= 15 is 0 Å². The van der Waals surface area contributed by atoms with Crippen molar-refractivity contribution in [2.24, 2.45) is 0 Å². The Labute approximate surface area is 489 Å². The second-order valence-electron chi connectivity index (χ2n) is 24.9. The van der Waals surface area contributed by atoms with Gasteiger partial charge >= 0.3 is 0 Å². The zero-order valence-corrected chi connectivity index (χ0v) is 49.5. The van der Waals surface area contributed by atoms with Crippen LogP contribution in [0, 0.1) is 48.5 Å². The van der Waals surface area contributed by atoms with Crippen LogP contribution in [-0.4, -0.2) is 11.3 Å². The Morgan fingerprint density at radius 1 is 0.398 bits per heavy atom. The van der Waals surface area contributed by atoms with Crippen LogP contribution in [0.25, 0.3) is 91.9 Å². The Balaban J connectivity index is 0.970. The number of aromatic nitrogens is 1. The van der Waals surface area contributed by atoms with Gasteiger partial charge in [0.1, 0.15) is 11.2 Å². The summed E-state index contributed by atoms with van der Waals surface area (Å²) in [5.74, 6) is 0. The number of thiophene rings is 1. The quantitative estimate of drug-likeness (QED) is 0.161. The average Bonchev–Trinajstić information content (AvgIpc) is 3.27. The highest BCUT2D eigenvalue weighted by atomic mass is 32.1. The van der Waals surface area contributed by atoms with E-state index in [1.165, 1.54) is 159 Å². The predicted octanol–water partition coefficient (Wildman–Crippen LogP) is 19.9. The fourth-order valence-electron chi connectivity index (χ4n) is 14.8. The molecule has 3 aromatic heterocycles. The van der Waals surface area contributed by atoms with E-state index in [1.54, 1.807) is 0 Å². The Bertz CT molecular complexity index is 5070. The maximum Gasteiger partial charge on any atom is 0.252 e. The van der Waals surface area contributed by atoms with Crippen LogP contribution in [0.3, 0.4) is 0 Å². The van der Waals surface area contributed by atoms with Crippen molar-refractivity contribution >= 4 is 132 Å². The van der Waals surface area contributed by atoms with Gasteiger partial charge in [-0.3, -0.25) is 0 Å². The molecule has 0 fully saturated rings. The highest BCUT2D eigenvalue weighted by Gasteiger charge is 2.45. The van der Waals surface area contributed by atoms with Crippen molar-refractivity contribution in [2.75, 3.05) is 9.80 Å². The molecule has 0 radical (unpaired) electrons. The molecule has 400 valence electrons. The first-order valence-electron chi connectivity index (χ1n) is 29.3. The maximum absolute atomic E-state index is 6.48. The number of aryl methyl sites for hydroxylation is 7. The highest BCUT2D eigenvalue weighted by Crippen LogP contribution is 2.51. The lowest BCUT2D eigenvalue weighted by molar-refractivity contribution is 0.590. The first-order valence-corrected chi connectivity index (χ1v) is 30.1. The van der Waals surface area contributed by atoms with Crippen molar-refractivity contribution in [2.45, 2.75) is 74.7 Å². The third-order valence-electron chi connectivity index (χ3n) is 18.4. The van der Waals surface area contributed by atoms with Crippen molar-refractivity contribution in [1.82, 2.24) is 4.57 Å². The van der Waals surface area contributed by atoms with Gasteiger partial charge in [0, 0.05) is 64.5 Å². The van der Waals surface area contributed by atoms with Crippen molar-refractivity contribution in [3.63, 3.8) is 0 Å². The van der Waals surface area contributed by atoms with Crippen molar-refractivity contribution in [3.05, 3.63) is 239 Å². The zero-order chi connectivity index (χ0) is 56.5. The maximum atomic E-state index is 6.48. The normalized spacial score (nSPS) is 13.1. The molecule has 16 rings (SSSR count). The van der Waals surface area contributed by atoms with Crippen molar-refractivity contribution < 1.29 is 4.42 Å². The number of anilines is 6. The lowest BCUT2D eigenvalue weighted by Crippen LogP contribution is -2.61. The first kappa shape index (κ1) is 49.7. The topological polar surface area (TPSA) is 24.6 Å². The van der Waals surface area contributed by atoms with Gasteiger partial charge in [-0.05, 0) is 216 Å². The summed E-state index contributed by atoms with van der Waals surface area (Å²) in [4.78, 5) is 5.31. The van der Waals surface area contributed by atoms with Gasteiger partial charge in [-0.1, -0.05) is 136 Å². The van der Waals surface area contributed by atoms with E-state index in [9.17, 15) is 0 Å². The standard InChI is InChI=1S/C77H62BN3OS/c1-43-33-67-72-68(34-43)81(74-46(4)35-51(36-47(74)5)50-29-31-57-56-22-12-15-27-69(56)82-70(57)39-50)66-42-64-60(55-21-11-14-26-63(55)79(64)73-44(2)19-17-20-45(73)3)41-62(66)78(72)61-32-30-53(77(8,9)10)40-65(61)80(67)75-48(6)37-52(38-49(75)7)54-24-18-25-59-58-23-13-16-28-71(58)83-76(54)59/h11-42H,1-10H3. The molecule has 0 saturated carbocycles. The Morgan fingerprint density at radius 3 is 1.71 bits per heavy atom. The van der Waals surface area contributed by atoms with E-state index in [0.29, 0.717) is 0 Å². The van der Waals surface area contributed by atoms with Gasteiger partial charge in [-0.25, -0.2) is 0 Å². The number of furan rings is 1. The first-order chi connectivity index (χ1) is 40.2. The molecule has 2 aliphatic rings. The Hall–Kier alpha value is -9.10. The molecule has 5 heterocycles. The van der Waals surface area contributed by atoms with E-state index in [0.717, 1.165) is 27.5 Å². The van der Waals surface area contributed by atoms with Crippen LogP contribution >= 0.6 is 11.3 Å². The summed E-state index contributed by atoms with van der Waals surface area (Å²) in [5.41, 5.74) is 31.5. The molecule has 0 bridgehead atoms. The average molecular weight is 1090 g/mol. The van der Waals surface area contributed by atoms with E-state index in [-0.39, 0.29) is 12.1 Å². The van der Waals surface area contributed by atoms with Crippen LogP contribution in [0.2, 0.25) is 0 Å². The monoisotopic (exact) mass is 1090 g/mol. The van der Waals surface area contributed by atoms with E-state index < -0.39 is 0 Å². The molecule has 4 nitrogen and oxygen atoms in total. The van der Waals surface area contributed by atoms with Crippen LogP contribution < -0.4 is 26.2 Å². The molecular formula is C77H62BN3OS. The van der Waals surface area contributed by atoms with Crippen LogP contribution in [0.15, 0.2) is 199 Å². The number of fused-ring (bicyclic) bond motifs is 13. The molecule has 83 heavy (non-hydrogen) atoms. The molecule has 0 spiro atoms. The summed E-state index contributed by atoms with van der Waals surface area (Å²) < 4.78 is 11.7. The largest absolute Gasteiger partial charge is 0.456 e. The second kappa shape index (κ2) is 18.0. The molecule has 0 saturated heterocycles. The van der Waals surface area contributed by atoms with E-state index in [1.807, 2.05) is 17.4 Å². The summed E-state index contributed by atoms with van der Waals surface area (Å²) in [6.07, 6.45) is 0. The smallest absolute Gasteiger partial charge is 0.252 e. The van der Waals surface area contributed by atoms with Crippen molar-refractivity contribution in [1.29, 1.82) is 0 Å². The minimum atomic E-state index is -0.0857. The van der Waals surface area contributed by atoms with Crippen molar-refractivity contribution in [3.8, 4) is 27.9 Å². The van der Waals surface area contributed by atoms with Gasteiger partial charge in [0.15, 0.2) is 0 Å². The number of hydrogen-bond donors (Lipinski definition) is 0. The lowest BCUT2D eigenvalue weighted by Gasteiger charge is -2.46. The third kappa shape index (κ3) is 7.31. The molecule has 0 aliphatic carbocycles. The minimum Gasteiger partial charge on any atom is -0.456 e. The minimum absolute atomic E-state index is 0.0697. The third-order valence-corrected chi connectivity index (χ3v) is 19.6. The number of hydrogen-bond acceptors (Lipinski definition) is 4. The zero-order valence-electron chi connectivity index (χ0n) is 48.7. The summed E-state index contributed by atoms with van der Waals surface area (Å²) in [7, 11) is 0. The predicted molar refractivity (Wildman–Crippen MR) is 358 cm³/mol. The SMILES string of the molecule is Cc1cc2c3c(c1)N(c1c(C)cc(-c4ccc5c(c4)oc4ccccc45)cc1C)c1cc4c(cc1B3c1ccc(C(C)(C)C)cc1N2c1c(C)cc(-c2cccc3c2sc2ccccc23)cc1C)c1ccccc1n4-c1c(C)cccc1C. The molecular weight excluding hydrogens is 1030 g/mol. The number of rotatable bonds is 5. The molecule has 0 N–H and O–H groups in total. The van der Waals surface area contributed by atoms with Crippen LogP contribution in [0.1, 0.15) is 65.3 Å². The fourth-order valence-corrected chi connectivity index (χ4v) is 16.0. The molecule has 2 aliphatic heterocycles. The summed E-state index contributed by atoms with van der Waals surface area (Å²) in [5, 5.41) is 7.44. The van der Waals surface area contributed by atoms with Crippen LogP contribution in [0.5, 0.6) is 0 Å². The summed E-state index contributed by atoms with van der Waals surface area (Å²) in [6, 6.07) is 73.7. The Kier molecular flexibility index (Phi) is 10.7. The van der Waals surface area contributed by atoms with Gasteiger partial charge in [0.25, 0.3) is 6.71 Å².